The quantitative estimate of drug-likeness (QED) is 0.268. The summed E-state index contributed by atoms with van der Waals surface area (Å²) in [6.45, 7) is 0.484. The number of benzene rings is 3. The summed E-state index contributed by atoms with van der Waals surface area (Å²) < 4.78 is 6.72. The summed E-state index contributed by atoms with van der Waals surface area (Å²) in [7, 11) is 1.51. The zero-order valence-corrected chi connectivity index (χ0v) is 21.2. The molecule has 8 heteroatoms. The molecule has 8 nitrogen and oxygen atoms in total. The lowest BCUT2D eigenvalue weighted by Gasteiger charge is -2.25. The Bertz CT molecular complexity index is 1440. The van der Waals surface area contributed by atoms with Gasteiger partial charge in [0.2, 0.25) is 0 Å². The fourth-order valence-corrected chi connectivity index (χ4v) is 4.57. The molecule has 0 saturated heterocycles. The van der Waals surface area contributed by atoms with Gasteiger partial charge in [-0.1, -0.05) is 48.9 Å². The van der Waals surface area contributed by atoms with E-state index in [-0.39, 0.29) is 23.6 Å². The number of carbonyl (C=O) groups is 2. The molecule has 0 radical (unpaired) electrons. The number of rotatable bonds is 8. The van der Waals surface area contributed by atoms with Crippen LogP contribution in [0.15, 0.2) is 78.9 Å². The number of anilines is 1. The molecule has 1 aliphatic carbocycles. The maximum Gasteiger partial charge on any atom is 0.342 e. The third-order valence-electron chi connectivity index (χ3n) is 6.87. The van der Waals surface area contributed by atoms with Gasteiger partial charge in [0, 0.05) is 23.7 Å². The van der Waals surface area contributed by atoms with Crippen molar-refractivity contribution in [1.82, 2.24) is 15.1 Å². The Kier molecular flexibility index (Phi) is 7.40. The molecule has 1 aliphatic rings. The Hall–Kier alpha value is -4.59. The number of carbonyl (C=O) groups excluding carboxylic acids is 2. The van der Waals surface area contributed by atoms with Gasteiger partial charge in [-0.25, -0.2) is 4.79 Å². The fourth-order valence-electron chi connectivity index (χ4n) is 4.57. The van der Waals surface area contributed by atoms with Gasteiger partial charge in [-0.15, -0.1) is 0 Å². The van der Waals surface area contributed by atoms with Crippen LogP contribution >= 0.6 is 0 Å². The number of aromatic nitrogens is 2. The van der Waals surface area contributed by atoms with E-state index in [1.54, 1.807) is 36.4 Å². The van der Waals surface area contributed by atoms with Crippen LogP contribution in [0.4, 0.5) is 10.5 Å². The molecule has 2 amide bonds. The maximum atomic E-state index is 13.1. The summed E-state index contributed by atoms with van der Waals surface area (Å²) in [5.41, 5.74) is 3.75. The van der Waals surface area contributed by atoms with E-state index in [1.165, 1.54) is 17.9 Å². The smallest absolute Gasteiger partial charge is 0.342 e. The van der Waals surface area contributed by atoms with Crippen LogP contribution < -0.4 is 15.4 Å². The van der Waals surface area contributed by atoms with Gasteiger partial charge >= 0.3 is 6.03 Å². The molecule has 0 bridgehead atoms. The predicted molar refractivity (Wildman–Crippen MR) is 146 cm³/mol. The molecule has 3 aromatic carbocycles. The molecule has 5 rings (SSSR count). The van der Waals surface area contributed by atoms with Crippen LogP contribution in [-0.2, 0) is 6.42 Å². The van der Waals surface area contributed by atoms with Crippen LogP contribution in [0.2, 0.25) is 0 Å². The first-order chi connectivity index (χ1) is 18.5. The fraction of sp³-hybridized carbons (Fsp3) is 0.233. The first-order valence-electron chi connectivity index (χ1n) is 12.7. The van der Waals surface area contributed by atoms with Crippen LogP contribution in [0.1, 0.15) is 46.8 Å². The monoisotopic (exact) mass is 510 g/mol. The van der Waals surface area contributed by atoms with Crippen LogP contribution in [0.25, 0.3) is 11.3 Å². The van der Waals surface area contributed by atoms with Crippen molar-refractivity contribution in [2.24, 2.45) is 0 Å². The van der Waals surface area contributed by atoms with E-state index in [4.69, 9.17) is 4.74 Å². The lowest BCUT2D eigenvalue weighted by molar-refractivity contribution is 0.102. The minimum atomic E-state index is -0.336. The molecule has 38 heavy (non-hydrogen) atoms. The molecule has 1 heterocycles. The largest absolute Gasteiger partial charge is 0.507 e. The van der Waals surface area contributed by atoms with Gasteiger partial charge in [-0.3, -0.25) is 4.79 Å². The van der Waals surface area contributed by atoms with E-state index >= 15 is 0 Å². The van der Waals surface area contributed by atoms with Crippen molar-refractivity contribution in [3.63, 3.8) is 0 Å². The highest BCUT2D eigenvalue weighted by molar-refractivity contribution is 6.06. The molecule has 0 aliphatic heterocycles. The van der Waals surface area contributed by atoms with Gasteiger partial charge in [0.25, 0.3) is 5.91 Å². The van der Waals surface area contributed by atoms with Crippen molar-refractivity contribution in [2.75, 3.05) is 19.0 Å². The van der Waals surface area contributed by atoms with Crippen molar-refractivity contribution in [1.29, 1.82) is 0 Å². The molecular weight excluding hydrogens is 480 g/mol. The highest BCUT2D eigenvalue weighted by Crippen LogP contribution is 2.39. The van der Waals surface area contributed by atoms with Crippen molar-refractivity contribution in [3.05, 3.63) is 95.7 Å². The molecule has 0 unspecified atom stereocenters. The first-order valence-corrected chi connectivity index (χ1v) is 12.7. The minimum absolute atomic E-state index is 0.00888. The summed E-state index contributed by atoms with van der Waals surface area (Å²) in [4.78, 5) is 26.0. The van der Waals surface area contributed by atoms with E-state index in [0.717, 1.165) is 30.5 Å². The molecule has 1 fully saturated rings. The van der Waals surface area contributed by atoms with Crippen molar-refractivity contribution in [3.8, 4) is 22.8 Å². The highest BCUT2D eigenvalue weighted by Gasteiger charge is 2.27. The number of hydrogen-bond donors (Lipinski definition) is 3. The Labute approximate surface area is 221 Å². The molecule has 1 aromatic heterocycles. The number of amides is 2. The number of methoxy groups -OCH3 is 1. The van der Waals surface area contributed by atoms with E-state index in [2.05, 4.69) is 15.7 Å². The Morgan fingerprint density at radius 1 is 1.03 bits per heavy atom. The number of hydrogen-bond acceptors (Lipinski definition) is 5. The topological polar surface area (TPSA) is 105 Å². The molecule has 3 N–H and O–H groups in total. The molecular formula is C30H30N4O4. The molecule has 194 valence electrons. The number of phenols is 1. The van der Waals surface area contributed by atoms with Gasteiger partial charge in [0.1, 0.15) is 11.5 Å². The predicted octanol–water partition coefficient (Wildman–Crippen LogP) is 5.58. The summed E-state index contributed by atoms with van der Waals surface area (Å²) in [5, 5.41) is 21.1. The summed E-state index contributed by atoms with van der Waals surface area (Å²) in [6, 6.07) is 23.3. The number of para-hydroxylation sites is 1. The lowest BCUT2D eigenvalue weighted by atomic mass is 9.82. The van der Waals surface area contributed by atoms with Crippen molar-refractivity contribution >= 4 is 17.6 Å². The third kappa shape index (κ3) is 5.39. The Balaban J connectivity index is 1.37. The van der Waals surface area contributed by atoms with E-state index < -0.39 is 0 Å². The average Bonchev–Trinajstić information content (AvgIpc) is 3.33. The maximum absolute atomic E-state index is 13.1. The van der Waals surface area contributed by atoms with E-state index in [0.29, 0.717) is 41.2 Å². The number of nitrogens with one attached hydrogen (secondary N) is 2. The van der Waals surface area contributed by atoms with Gasteiger partial charge < -0.3 is 20.5 Å². The van der Waals surface area contributed by atoms with Crippen molar-refractivity contribution in [2.45, 2.75) is 31.6 Å². The van der Waals surface area contributed by atoms with E-state index in [9.17, 15) is 14.7 Å². The SMILES string of the molecule is COc1ccccc1C(=O)Nc1ccc(O)c(-c2cc(C3CCC3)n(C(=O)NCCc3ccccc3)n2)c1. The summed E-state index contributed by atoms with van der Waals surface area (Å²) in [5.74, 6) is 0.380. The number of ether oxygens (including phenoxy) is 1. The van der Waals surface area contributed by atoms with Crippen LogP contribution in [0, 0.1) is 0 Å². The molecule has 0 atom stereocenters. The van der Waals surface area contributed by atoms with Crippen LogP contribution in [0.5, 0.6) is 11.5 Å². The third-order valence-corrected chi connectivity index (χ3v) is 6.87. The van der Waals surface area contributed by atoms with E-state index in [1.807, 2.05) is 36.4 Å². The normalized spacial score (nSPS) is 13.0. The van der Waals surface area contributed by atoms with Gasteiger partial charge in [-0.05, 0) is 61.2 Å². The lowest BCUT2D eigenvalue weighted by Crippen LogP contribution is -2.33. The second-order valence-corrected chi connectivity index (χ2v) is 9.35. The minimum Gasteiger partial charge on any atom is -0.507 e. The van der Waals surface area contributed by atoms with Crippen LogP contribution in [-0.4, -0.2) is 40.5 Å². The second-order valence-electron chi connectivity index (χ2n) is 9.35. The first kappa shape index (κ1) is 25.1. The molecule has 1 saturated carbocycles. The number of nitrogens with zero attached hydrogens (tertiary/aromatic N) is 2. The Morgan fingerprint density at radius 3 is 2.53 bits per heavy atom. The zero-order chi connectivity index (χ0) is 26.5. The Morgan fingerprint density at radius 2 is 1.79 bits per heavy atom. The summed E-state index contributed by atoms with van der Waals surface area (Å²) in [6.07, 6.45) is 3.80. The highest BCUT2D eigenvalue weighted by atomic mass is 16.5. The van der Waals surface area contributed by atoms with Gasteiger partial charge in [0.15, 0.2) is 0 Å². The summed E-state index contributed by atoms with van der Waals surface area (Å²) >= 11 is 0. The number of phenolic OH excluding ortho intramolecular Hbond substituents is 1. The van der Waals surface area contributed by atoms with Gasteiger partial charge in [0.05, 0.1) is 24.1 Å². The number of aromatic hydroxyl groups is 1. The standard InChI is InChI=1S/C30H30N4O4/c1-38-28-13-6-5-12-23(28)29(36)32-22-14-15-27(35)24(18-22)25-19-26(21-10-7-11-21)34(33-25)30(37)31-17-16-20-8-3-2-4-9-20/h2-6,8-9,12-15,18-19,21,35H,7,10-11,16-17H2,1H3,(H,31,37)(H,32,36). The average molecular weight is 511 g/mol. The van der Waals surface area contributed by atoms with Crippen molar-refractivity contribution < 1.29 is 19.4 Å². The molecule has 4 aromatic rings. The zero-order valence-electron chi connectivity index (χ0n) is 21.2. The van der Waals surface area contributed by atoms with Crippen LogP contribution in [0.3, 0.4) is 0 Å². The van der Waals surface area contributed by atoms with Gasteiger partial charge in [-0.2, -0.15) is 9.78 Å². The second kappa shape index (κ2) is 11.2. The molecule has 0 spiro atoms.